The van der Waals surface area contributed by atoms with Gasteiger partial charge in [-0.3, -0.25) is 0 Å². The Morgan fingerprint density at radius 3 is 2.36 bits per heavy atom. The Labute approximate surface area is 70.4 Å². The molecule has 0 aromatic rings. The van der Waals surface area contributed by atoms with Crippen LogP contribution in [-0.4, -0.2) is 6.54 Å². The second kappa shape index (κ2) is 3.14. The molecule has 1 aliphatic carbocycles. The fourth-order valence-corrected chi connectivity index (χ4v) is 2.01. The normalized spacial score (nSPS) is 21.8. The monoisotopic (exact) mass is 155 g/mol. The molecule has 0 radical (unpaired) electrons. The predicted octanol–water partition coefficient (Wildman–Crippen LogP) is 2.41. The first-order chi connectivity index (χ1) is 5.06. The van der Waals surface area contributed by atoms with Gasteiger partial charge in [0.1, 0.15) is 0 Å². The Bertz CT molecular complexity index is 125. The lowest BCUT2D eigenvalue weighted by Crippen LogP contribution is -2.22. The van der Waals surface area contributed by atoms with Gasteiger partial charge in [0.05, 0.1) is 0 Å². The zero-order valence-electron chi connectivity index (χ0n) is 8.06. The molecule has 0 spiro atoms. The third-order valence-electron chi connectivity index (χ3n) is 2.96. The molecule has 1 aliphatic rings. The first kappa shape index (κ1) is 9.05. The van der Waals surface area contributed by atoms with Crippen LogP contribution in [0.2, 0.25) is 0 Å². The quantitative estimate of drug-likeness (QED) is 0.663. The highest BCUT2D eigenvalue weighted by atomic mass is 14.6. The lowest BCUT2D eigenvalue weighted by atomic mass is 9.79. The van der Waals surface area contributed by atoms with E-state index >= 15 is 0 Å². The van der Waals surface area contributed by atoms with Gasteiger partial charge in [0.15, 0.2) is 0 Å². The summed E-state index contributed by atoms with van der Waals surface area (Å²) in [5.74, 6) is 1.70. The Morgan fingerprint density at radius 1 is 1.45 bits per heavy atom. The van der Waals surface area contributed by atoms with Crippen LogP contribution in [0.3, 0.4) is 0 Å². The highest BCUT2D eigenvalue weighted by Crippen LogP contribution is 2.48. The van der Waals surface area contributed by atoms with Gasteiger partial charge in [-0.15, -0.1) is 0 Å². The summed E-state index contributed by atoms with van der Waals surface area (Å²) in [5.41, 5.74) is 6.15. The van der Waals surface area contributed by atoms with Crippen molar-refractivity contribution in [2.75, 3.05) is 6.54 Å². The molecule has 0 bridgehead atoms. The van der Waals surface area contributed by atoms with Gasteiger partial charge in [0.25, 0.3) is 0 Å². The van der Waals surface area contributed by atoms with E-state index in [2.05, 4.69) is 20.8 Å². The van der Waals surface area contributed by atoms with E-state index in [4.69, 9.17) is 5.73 Å². The van der Waals surface area contributed by atoms with Crippen LogP contribution in [0.25, 0.3) is 0 Å². The molecule has 11 heavy (non-hydrogen) atoms. The average Bonchev–Trinajstić information content (AvgIpc) is 2.66. The molecule has 0 heterocycles. The second-order valence-corrected chi connectivity index (χ2v) is 4.81. The predicted molar refractivity (Wildman–Crippen MR) is 49.3 cm³/mol. The molecular formula is C10H21N. The van der Waals surface area contributed by atoms with E-state index in [1.54, 1.807) is 0 Å². The van der Waals surface area contributed by atoms with Gasteiger partial charge >= 0.3 is 0 Å². The molecule has 1 nitrogen and oxygen atoms in total. The van der Waals surface area contributed by atoms with Crippen molar-refractivity contribution in [1.82, 2.24) is 0 Å². The molecule has 1 heteroatoms. The van der Waals surface area contributed by atoms with Crippen molar-refractivity contribution in [1.29, 1.82) is 0 Å². The Kier molecular flexibility index (Phi) is 2.58. The van der Waals surface area contributed by atoms with Crippen LogP contribution in [-0.2, 0) is 0 Å². The number of hydrogen-bond donors (Lipinski definition) is 1. The molecule has 1 fully saturated rings. The van der Waals surface area contributed by atoms with Crippen molar-refractivity contribution in [2.45, 2.75) is 40.0 Å². The third-order valence-corrected chi connectivity index (χ3v) is 2.96. The highest BCUT2D eigenvalue weighted by molar-refractivity contribution is 4.88. The smallest absolute Gasteiger partial charge is 0.00513 e. The zero-order chi connectivity index (χ0) is 8.48. The summed E-state index contributed by atoms with van der Waals surface area (Å²) in [6.07, 6.45) is 4.20. The summed E-state index contributed by atoms with van der Waals surface area (Å²) in [7, 11) is 0. The van der Waals surface area contributed by atoms with E-state index in [-0.39, 0.29) is 0 Å². The molecular weight excluding hydrogens is 134 g/mol. The third kappa shape index (κ3) is 2.48. The maximum Gasteiger partial charge on any atom is -0.00513 e. The summed E-state index contributed by atoms with van der Waals surface area (Å²) >= 11 is 0. The molecule has 2 N–H and O–H groups in total. The lowest BCUT2D eigenvalue weighted by Gasteiger charge is -2.27. The summed E-state index contributed by atoms with van der Waals surface area (Å²) in [6.45, 7) is 7.87. The van der Waals surface area contributed by atoms with Crippen molar-refractivity contribution in [3.63, 3.8) is 0 Å². The Morgan fingerprint density at radius 2 is 2.00 bits per heavy atom. The van der Waals surface area contributed by atoms with Crippen LogP contribution in [0.1, 0.15) is 40.0 Å². The topological polar surface area (TPSA) is 26.0 Å². The van der Waals surface area contributed by atoms with E-state index in [0.29, 0.717) is 11.3 Å². The number of hydrogen-bond acceptors (Lipinski definition) is 1. The minimum Gasteiger partial charge on any atom is -0.330 e. The van der Waals surface area contributed by atoms with Gasteiger partial charge in [-0.05, 0) is 43.1 Å². The molecule has 0 aliphatic heterocycles. The van der Waals surface area contributed by atoms with Gasteiger partial charge < -0.3 is 5.73 Å². The van der Waals surface area contributed by atoms with Crippen molar-refractivity contribution in [3.05, 3.63) is 0 Å². The van der Waals surface area contributed by atoms with Gasteiger partial charge in [0.2, 0.25) is 0 Å². The van der Waals surface area contributed by atoms with E-state index < -0.39 is 0 Å². The lowest BCUT2D eigenvalue weighted by molar-refractivity contribution is 0.239. The SMILES string of the molecule is CC(CN)CC(C)(C)C1CC1. The summed E-state index contributed by atoms with van der Waals surface area (Å²) in [5, 5.41) is 0. The largest absolute Gasteiger partial charge is 0.330 e. The summed E-state index contributed by atoms with van der Waals surface area (Å²) in [6, 6.07) is 0. The van der Waals surface area contributed by atoms with Gasteiger partial charge in [-0.25, -0.2) is 0 Å². The van der Waals surface area contributed by atoms with E-state index in [9.17, 15) is 0 Å². The molecule has 0 saturated heterocycles. The number of rotatable bonds is 4. The first-order valence-corrected chi connectivity index (χ1v) is 4.76. The first-order valence-electron chi connectivity index (χ1n) is 4.76. The van der Waals surface area contributed by atoms with Gasteiger partial charge in [0, 0.05) is 0 Å². The Hall–Kier alpha value is -0.0400. The summed E-state index contributed by atoms with van der Waals surface area (Å²) < 4.78 is 0. The van der Waals surface area contributed by atoms with E-state index in [0.717, 1.165) is 12.5 Å². The van der Waals surface area contributed by atoms with Gasteiger partial charge in [-0.2, -0.15) is 0 Å². The Balaban J connectivity index is 2.32. The molecule has 1 rings (SSSR count). The van der Waals surface area contributed by atoms with Gasteiger partial charge in [-0.1, -0.05) is 20.8 Å². The molecule has 1 saturated carbocycles. The van der Waals surface area contributed by atoms with Crippen molar-refractivity contribution in [3.8, 4) is 0 Å². The van der Waals surface area contributed by atoms with Crippen molar-refractivity contribution < 1.29 is 0 Å². The fourth-order valence-electron chi connectivity index (χ4n) is 2.01. The maximum atomic E-state index is 5.60. The van der Waals surface area contributed by atoms with Crippen LogP contribution >= 0.6 is 0 Å². The fraction of sp³-hybridized carbons (Fsp3) is 1.00. The molecule has 0 aromatic heterocycles. The van der Waals surface area contributed by atoms with E-state index in [1.165, 1.54) is 19.3 Å². The second-order valence-electron chi connectivity index (χ2n) is 4.81. The number of nitrogens with two attached hydrogens (primary N) is 1. The molecule has 1 atom stereocenters. The standard InChI is InChI=1S/C10H21N/c1-8(7-11)6-10(2,3)9-4-5-9/h8-9H,4-7,11H2,1-3H3. The van der Waals surface area contributed by atoms with Crippen molar-refractivity contribution >= 4 is 0 Å². The average molecular weight is 155 g/mol. The molecule has 1 unspecified atom stereocenters. The van der Waals surface area contributed by atoms with E-state index in [1.807, 2.05) is 0 Å². The van der Waals surface area contributed by atoms with Crippen LogP contribution in [0.4, 0.5) is 0 Å². The van der Waals surface area contributed by atoms with Crippen LogP contribution < -0.4 is 5.73 Å². The van der Waals surface area contributed by atoms with Crippen molar-refractivity contribution in [2.24, 2.45) is 23.0 Å². The minimum atomic E-state index is 0.554. The molecule has 66 valence electrons. The van der Waals surface area contributed by atoms with Crippen LogP contribution in [0.5, 0.6) is 0 Å². The maximum absolute atomic E-state index is 5.60. The molecule has 0 aromatic carbocycles. The summed E-state index contributed by atoms with van der Waals surface area (Å²) in [4.78, 5) is 0. The molecule has 0 amide bonds. The highest BCUT2D eigenvalue weighted by Gasteiger charge is 2.37. The van der Waals surface area contributed by atoms with Crippen LogP contribution in [0.15, 0.2) is 0 Å². The van der Waals surface area contributed by atoms with Crippen LogP contribution in [0, 0.1) is 17.3 Å². The minimum absolute atomic E-state index is 0.554. The zero-order valence-corrected chi connectivity index (χ0v) is 8.06.